The third kappa shape index (κ3) is 2.30. The fraction of sp³-hybridized carbons (Fsp3) is 0.500. The second-order valence-corrected chi connectivity index (χ2v) is 6.24. The lowest BCUT2D eigenvalue weighted by atomic mass is 9.89. The van der Waals surface area contributed by atoms with Gasteiger partial charge in [-0.1, -0.05) is 15.9 Å². The van der Waals surface area contributed by atoms with Crippen molar-refractivity contribution in [3.05, 3.63) is 34.1 Å². The number of fused-ring (bicyclic) bond motifs is 2. The van der Waals surface area contributed by atoms with Crippen molar-refractivity contribution in [2.75, 3.05) is 0 Å². The molecule has 0 spiro atoms. The number of nitrogens with zero attached hydrogens (tertiary/aromatic N) is 1. The molecule has 2 saturated heterocycles. The van der Waals surface area contributed by atoms with Crippen molar-refractivity contribution in [3.63, 3.8) is 0 Å². The molecule has 2 heterocycles. The first-order chi connectivity index (χ1) is 9.06. The summed E-state index contributed by atoms with van der Waals surface area (Å²) < 4.78 is 14.2. The predicted molar refractivity (Wildman–Crippen MR) is 72.2 cm³/mol. The van der Waals surface area contributed by atoms with Gasteiger partial charge in [-0.05, 0) is 43.0 Å². The summed E-state index contributed by atoms with van der Waals surface area (Å²) in [4.78, 5) is 13.4. The van der Waals surface area contributed by atoms with Gasteiger partial charge in [-0.3, -0.25) is 9.69 Å². The van der Waals surface area contributed by atoms with E-state index in [4.69, 9.17) is 0 Å². The molecular formula is C14H15BrFNO2. The molecule has 2 aliphatic heterocycles. The molecule has 1 aromatic rings. The third-order valence-electron chi connectivity index (χ3n) is 4.36. The van der Waals surface area contributed by atoms with Gasteiger partial charge in [0.15, 0.2) is 0 Å². The van der Waals surface area contributed by atoms with Gasteiger partial charge in [0.1, 0.15) is 5.82 Å². The number of carboxylic acids is 1. The highest BCUT2D eigenvalue weighted by Crippen LogP contribution is 2.43. The van der Waals surface area contributed by atoms with Crippen LogP contribution in [-0.4, -0.2) is 28.1 Å². The Bertz CT molecular complexity index is 522. The highest BCUT2D eigenvalue weighted by atomic mass is 79.9. The summed E-state index contributed by atoms with van der Waals surface area (Å²) in [6, 6.07) is 5.10. The fourth-order valence-electron chi connectivity index (χ4n) is 3.47. The number of rotatable bonds is 3. The molecule has 3 unspecified atom stereocenters. The lowest BCUT2D eigenvalue weighted by Gasteiger charge is -2.23. The van der Waals surface area contributed by atoms with Crippen molar-refractivity contribution < 1.29 is 14.3 Å². The normalized spacial score (nSPS) is 29.9. The Labute approximate surface area is 119 Å². The molecule has 3 nitrogen and oxygen atoms in total. The maximum Gasteiger partial charge on any atom is 0.308 e. The first-order valence-corrected chi connectivity index (χ1v) is 7.28. The van der Waals surface area contributed by atoms with Gasteiger partial charge in [0.05, 0.1) is 5.92 Å². The molecule has 1 aromatic carbocycles. The van der Waals surface area contributed by atoms with Crippen LogP contribution in [0.5, 0.6) is 0 Å². The summed E-state index contributed by atoms with van der Waals surface area (Å²) in [5.74, 6) is -1.21. The van der Waals surface area contributed by atoms with Gasteiger partial charge in [-0.25, -0.2) is 4.39 Å². The fourth-order valence-corrected chi connectivity index (χ4v) is 3.85. The molecule has 3 rings (SSSR count). The third-order valence-corrected chi connectivity index (χ3v) is 5.13. The molecule has 0 saturated carbocycles. The molecule has 2 fully saturated rings. The first-order valence-electron chi connectivity index (χ1n) is 6.48. The van der Waals surface area contributed by atoms with Crippen LogP contribution in [0.1, 0.15) is 24.8 Å². The first kappa shape index (κ1) is 13.1. The monoisotopic (exact) mass is 327 g/mol. The largest absolute Gasteiger partial charge is 0.481 e. The van der Waals surface area contributed by atoms with Crippen LogP contribution in [0.25, 0.3) is 0 Å². The smallest absolute Gasteiger partial charge is 0.308 e. The van der Waals surface area contributed by atoms with Crippen LogP contribution in [0, 0.1) is 11.7 Å². The quantitative estimate of drug-likeness (QED) is 0.927. The van der Waals surface area contributed by atoms with Gasteiger partial charge in [-0.2, -0.15) is 0 Å². The van der Waals surface area contributed by atoms with Gasteiger partial charge in [0, 0.05) is 23.1 Å². The van der Waals surface area contributed by atoms with E-state index in [-0.39, 0.29) is 17.8 Å². The van der Waals surface area contributed by atoms with E-state index in [9.17, 15) is 14.3 Å². The Kier molecular flexibility index (Phi) is 3.35. The Morgan fingerprint density at radius 2 is 2.26 bits per heavy atom. The Balaban J connectivity index is 1.81. The molecule has 0 amide bonds. The summed E-state index contributed by atoms with van der Waals surface area (Å²) in [5, 5.41) is 9.22. The minimum atomic E-state index is -0.699. The van der Waals surface area contributed by atoms with E-state index in [1.807, 2.05) is 0 Å². The lowest BCUT2D eigenvalue weighted by Crippen LogP contribution is -2.32. The second-order valence-electron chi connectivity index (χ2n) is 5.39. The Morgan fingerprint density at radius 1 is 1.47 bits per heavy atom. The minimum Gasteiger partial charge on any atom is -0.481 e. The van der Waals surface area contributed by atoms with Crippen LogP contribution in [0.4, 0.5) is 4.39 Å². The van der Waals surface area contributed by atoms with E-state index in [1.165, 1.54) is 12.1 Å². The summed E-state index contributed by atoms with van der Waals surface area (Å²) in [5.41, 5.74) is 0.892. The zero-order valence-electron chi connectivity index (χ0n) is 10.4. The molecule has 1 N–H and O–H groups in total. The molecule has 102 valence electrons. The number of halogens is 2. The van der Waals surface area contributed by atoms with E-state index in [0.717, 1.165) is 29.3 Å². The van der Waals surface area contributed by atoms with E-state index < -0.39 is 5.97 Å². The predicted octanol–water partition coefficient (Wildman–Crippen LogP) is 3.03. The number of hydrogen-bond acceptors (Lipinski definition) is 2. The van der Waals surface area contributed by atoms with Crippen molar-refractivity contribution in [1.29, 1.82) is 0 Å². The molecule has 2 aliphatic rings. The van der Waals surface area contributed by atoms with Crippen molar-refractivity contribution in [1.82, 2.24) is 4.90 Å². The average Bonchev–Trinajstić information content (AvgIpc) is 2.91. The number of aliphatic carboxylic acids is 1. The van der Waals surface area contributed by atoms with E-state index in [1.54, 1.807) is 6.07 Å². The van der Waals surface area contributed by atoms with Crippen molar-refractivity contribution in [3.8, 4) is 0 Å². The lowest BCUT2D eigenvalue weighted by molar-refractivity contribution is -0.142. The van der Waals surface area contributed by atoms with E-state index >= 15 is 0 Å². The zero-order valence-corrected chi connectivity index (χ0v) is 11.9. The van der Waals surface area contributed by atoms with Crippen molar-refractivity contribution in [2.45, 2.75) is 37.9 Å². The van der Waals surface area contributed by atoms with Gasteiger partial charge in [0.25, 0.3) is 0 Å². The van der Waals surface area contributed by atoms with Gasteiger partial charge in [-0.15, -0.1) is 0 Å². The highest BCUT2D eigenvalue weighted by Gasteiger charge is 2.49. The average molecular weight is 328 g/mol. The zero-order chi connectivity index (χ0) is 13.6. The number of hydrogen-bond donors (Lipinski definition) is 1. The molecule has 0 aliphatic carbocycles. The summed E-state index contributed by atoms with van der Waals surface area (Å²) in [6.07, 6.45) is 2.73. The molecule has 0 radical (unpaired) electrons. The molecule has 5 heteroatoms. The maximum atomic E-state index is 13.3. The molecule has 0 aromatic heterocycles. The summed E-state index contributed by atoms with van der Waals surface area (Å²) in [7, 11) is 0. The van der Waals surface area contributed by atoms with Crippen LogP contribution in [0.2, 0.25) is 0 Å². The topological polar surface area (TPSA) is 40.5 Å². The maximum absolute atomic E-state index is 13.3. The summed E-state index contributed by atoms with van der Waals surface area (Å²) in [6.45, 7) is 0.622. The molecule has 19 heavy (non-hydrogen) atoms. The van der Waals surface area contributed by atoms with Crippen LogP contribution in [0.15, 0.2) is 22.7 Å². The minimum absolute atomic E-state index is 0.109. The molecule has 2 bridgehead atoms. The standard InChI is InChI=1S/C14H15BrFNO2/c15-12-3-1-9(16)5-8(12)7-17-10-2-4-13(17)11(6-10)14(18)19/h1,3,5,10-11,13H,2,4,6-7H2,(H,18,19). The Hall–Kier alpha value is -0.940. The van der Waals surface area contributed by atoms with E-state index in [0.29, 0.717) is 12.6 Å². The van der Waals surface area contributed by atoms with Crippen LogP contribution in [-0.2, 0) is 11.3 Å². The second kappa shape index (κ2) is 4.87. The SMILES string of the molecule is O=C(O)C1CC2CCC1N2Cc1cc(F)ccc1Br. The molecule has 3 atom stereocenters. The highest BCUT2D eigenvalue weighted by molar-refractivity contribution is 9.10. The van der Waals surface area contributed by atoms with Gasteiger partial charge in [0.2, 0.25) is 0 Å². The molecular weight excluding hydrogens is 313 g/mol. The number of carbonyl (C=O) groups is 1. The van der Waals surface area contributed by atoms with Crippen LogP contribution in [0.3, 0.4) is 0 Å². The number of benzene rings is 1. The van der Waals surface area contributed by atoms with Crippen molar-refractivity contribution in [2.24, 2.45) is 5.92 Å². The van der Waals surface area contributed by atoms with Crippen LogP contribution >= 0.6 is 15.9 Å². The summed E-state index contributed by atoms with van der Waals surface area (Å²) >= 11 is 3.43. The van der Waals surface area contributed by atoms with Gasteiger partial charge >= 0.3 is 5.97 Å². The van der Waals surface area contributed by atoms with Crippen molar-refractivity contribution >= 4 is 21.9 Å². The Morgan fingerprint density at radius 3 is 2.95 bits per heavy atom. The van der Waals surface area contributed by atoms with E-state index in [2.05, 4.69) is 20.8 Å². The van der Waals surface area contributed by atoms with Gasteiger partial charge < -0.3 is 5.11 Å². The number of carboxylic acid groups (broad SMARTS) is 1. The van der Waals surface area contributed by atoms with Crippen LogP contribution < -0.4 is 0 Å².